The number of nitrogens with one attached hydrogen (secondary N) is 1. The van der Waals surface area contributed by atoms with E-state index >= 15 is 0 Å². The number of anilines is 1. The molecule has 212 valence electrons. The molecule has 1 N–H and O–H groups in total. The molecule has 3 amide bonds. The van der Waals surface area contributed by atoms with Gasteiger partial charge in [-0.05, 0) is 80.7 Å². The van der Waals surface area contributed by atoms with Crippen LogP contribution in [0.4, 0.5) is 10.5 Å². The Morgan fingerprint density at radius 1 is 1.00 bits per heavy atom. The summed E-state index contributed by atoms with van der Waals surface area (Å²) in [7, 11) is 0. The van der Waals surface area contributed by atoms with Crippen LogP contribution >= 0.6 is 0 Å². The summed E-state index contributed by atoms with van der Waals surface area (Å²) in [6.07, 6.45) is 15.2. The number of piperidine rings is 1. The van der Waals surface area contributed by atoms with Crippen LogP contribution in [-0.4, -0.2) is 36.0 Å². The van der Waals surface area contributed by atoms with Crippen molar-refractivity contribution in [2.45, 2.75) is 77.3 Å². The van der Waals surface area contributed by atoms with Gasteiger partial charge in [-0.15, -0.1) is 0 Å². The average Bonchev–Trinajstić information content (AvgIpc) is 3.00. The highest BCUT2D eigenvalue weighted by Crippen LogP contribution is 2.38. The van der Waals surface area contributed by atoms with E-state index < -0.39 is 0 Å². The first-order chi connectivity index (χ1) is 19.5. The first-order valence-corrected chi connectivity index (χ1v) is 15.0. The zero-order valence-electron chi connectivity index (χ0n) is 24.2. The van der Waals surface area contributed by atoms with E-state index in [0.717, 1.165) is 68.4 Å². The molecule has 2 aliphatic rings. The van der Waals surface area contributed by atoms with E-state index in [4.69, 9.17) is 0 Å². The van der Waals surface area contributed by atoms with Crippen molar-refractivity contribution < 1.29 is 9.59 Å². The van der Waals surface area contributed by atoms with Gasteiger partial charge in [-0.1, -0.05) is 86.2 Å². The molecule has 1 heterocycles. The van der Waals surface area contributed by atoms with Gasteiger partial charge in [0.05, 0.1) is 12.6 Å². The largest absolute Gasteiger partial charge is 0.349 e. The van der Waals surface area contributed by atoms with E-state index in [-0.39, 0.29) is 29.8 Å². The topological polar surface area (TPSA) is 52.7 Å². The Bertz CT molecular complexity index is 1200. The third-order valence-electron chi connectivity index (χ3n) is 8.28. The number of amides is 3. The first kappa shape index (κ1) is 29.4. The van der Waals surface area contributed by atoms with Gasteiger partial charge in [-0.25, -0.2) is 4.79 Å². The predicted octanol–water partition coefficient (Wildman–Crippen LogP) is 7.77. The van der Waals surface area contributed by atoms with Crippen LogP contribution in [0.1, 0.15) is 75.8 Å². The zero-order chi connectivity index (χ0) is 28.3. The SMILES string of the molecule is C=C(/C=C\C=C/C)[C@H](C)NC(=O)[C@H]1CCCC[C@@H]1c1cccc(CN(C(=O)N2CCCCC2)c2ccccc2)c1. The molecule has 40 heavy (non-hydrogen) atoms. The Morgan fingerprint density at radius 3 is 2.50 bits per heavy atom. The van der Waals surface area contributed by atoms with Gasteiger partial charge < -0.3 is 10.2 Å². The fourth-order valence-corrected chi connectivity index (χ4v) is 5.93. The minimum absolute atomic E-state index is 0.0704. The van der Waals surface area contributed by atoms with E-state index in [9.17, 15) is 9.59 Å². The molecule has 4 rings (SSSR count). The number of hydrogen-bond donors (Lipinski definition) is 1. The summed E-state index contributed by atoms with van der Waals surface area (Å²) in [4.78, 5) is 31.0. The van der Waals surface area contributed by atoms with Crippen molar-refractivity contribution in [3.63, 3.8) is 0 Å². The minimum atomic E-state index is -0.122. The molecule has 1 saturated heterocycles. The van der Waals surface area contributed by atoms with Gasteiger partial charge in [0.1, 0.15) is 0 Å². The fraction of sp³-hybridized carbons (Fsp3) is 0.429. The standard InChI is InChI=1S/C35H45N3O2/c1-4-5-8-16-27(2)28(3)36-34(39)33-22-12-11-21-32(33)30-18-15-17-29(25-30)26-38(31-19-9-6-10-20-31)35(40)37-23-13-7-14-24-37/h4-6,8-10,15-20,25,28,32-33H,2,7,11-14,21-24,26H2,1,3H3,(H,36,39)/b5-4-,16-8-/t28-,32+,33-/m0/s1. The lowest BCUT2D eigenvalue weighted by atomic mass is 9.74. The van der Waals surface area contributed by atoms with Crippen molar-refractivity contribution in [3.05, 3.63) is 102 Å². The summed E-state index contributed by atoms with van der Waals surface area (Å²) in [5.41, 5.74) is 4.08. The van der Waals surface area contributed by atoms with Crippen molar-refractivity contribution >= 4 is 17.6 Å². The molecule has 0 bridgehead atoms. The minimum Gasteiger partial charge on any atom is -0.349 e. The maximum atomic E-state index is 13.7. The molecule has 0 spiro atoms. The number of carbonyl (C=O) groups excluding carboxylic acids is 2. The molecule has 0 aromatic heterocycles. The molecular weight excluding hydrogens is 494 g/mol. The van der Waals surface area contributed by atoms with Gasteiger partial charge in [-0.2, -0.15) is 0 Å². The molecule has 5 heteroatoms. The summed E-state index contributed by atoms with van der Waals surface area (Å²) in [6.45, 7) is 10.3. The summed E-state index contributed by atoms with van der Waals surface area (Å²) in [5, 5.41) is 3.22. The Labute approximate surface area is 240 Å². The van der Waals surface area contributed by atoms with Crippen LogP contribution in [0.25, 0.3) is 0 Å². The molecule has 1 saturated carbocycles. The Hall–Kier alpha value is -3.60. The molecule has 0 unspecified atom stereocenters. The Balaban J connectivity index is 1.51. The maximum Gasteiger partial charge on any atom is 0.324 e. The third-order valence-corrected chi connectivity index (χ3v) is 8.28. The van der Waals surface area contributed by atoms with E-state index in [1.807, 2.05) is 78.3 Å². The Kier molecular flexibility index (Phi) is 10.8. The van der Waals surface area contributed by atoms with Crippen LogP contribution in [0, 0.1) is 5.92 Å². The second kappa shape index (κ2) is 14.7. The highest BCUT2D eigenvalue weighted by molar-refractivity contribution is 5.92. The first-order valence-electron chi connectivity index (χ1n) is 15.0. The van der Waals surface area contributed by atoms with Gasteiger partial charge in [0, 0.05) is 24.7 Å². The normalized spacial score (nSPS) is 20.4. The molecule has 1 aliphatic carbocycles. The van der Waals surface area contributed by atoms with Crippen LogP contribution in [0.5, 0.6) is 0 Å². The van der Waals surface area contributed by atoms with Crippen LogP contribution in [-0.2, 0) is 11.3 Å². The highest BCUT2D eigenvalue weighted by atomic mass is 16.2. The number of hydrogen-bond acceptors (Lipinski definition) is 2. The van der Waals surface area contributed by atoms with Gasteiger partial charge in [-0.3, -0.25) is 9.69 Å². The number of para-hydroxylation sites is 1. The van der Waals surface area contributed by atoms with Crippen molar-refractivity contribution in [1.82, 2.24) is 10.2 Å². The molecule has 3 atom stereocenters. The molecule has 5 nitrogen and oxygen atoms in total. The quantitative estimate of drug-likeness (QED) is 0.331. The van der Waals surface area contributed by atoms with E-state index in [1.54, 1.807) is 0 Å². The van der Waals surface area contributed by atoms with Gasteiger partial charge >= 0.3 is 6.03 Å². The second-order valence-corrected chi connectivity index (χ2v) is 11.2. The van der Waals surface area contributed by atoms with Crippen LogP contribution in [0.2, 0.25) is 0 Å². The second-order valence-electron chi connectivity index (χ2n) is 11.2. The number of urea groups is 1. The molecule has 2 aromatic carbocycles. The maximum absolute atomic E-state index is 13.7. The van der Waals surface area contributed by atoms with Crippen molar-refractivity contribution in [2.75, 3.05) is 18.0 Å². The lowest BCUT2D eigenvalue weighted by Crippen LogP contribution is -2.45. The van der Waals surface area contributed by atoms with E-state index in [0.29, 0.717) is 6.54 Å². The van der Waals surface area contributed by atoms with Crippen LogP contribution in [0.15, 0.2) is 91.1 Å². The summed E-state index contributed by atoms with van der Waals surface area (Å²) in [5.74, 6) is 0.198. The molecule has 2 fully saturated rings. The van der Waals surface area contributed by atoms with E-state index in [2.05, 4.69) is 36.2 Å². The number of nitrogens with zero attached hydrogens (tertiary/aromatic N) is 2. The number of allylic oxidation sites excluding steroid dienone is 3. The lowest BCUT2D eigenvalue weighted by Gasteiger charge is -2.34. The highest BCUT2D eigenvalue weighted by Gasteiger charge is 2.33. The Morgan fingerprint density at radius 2 is 1.75 bits per heavy atom. The van der Waals surface area contributed by atoms with Crippen LogP contribution < -0.4 is 10.2 Å². The van der Waals surface area contributed by atoms with Gasteiger partial charge in [0.2, 0.25) is 5.91 Å². The van der Waals surface area contributed by atoms with Crippen molar-refractivity contribution in [1.29, 1.82) is 0 Å². The molecule has 2 aromatic rings. The summed E-state index contributed by atoms with van der Waals surface area (Å²) in [6, 6.07) is 18.5. The summed E-state index contributed by atoms with van der Waals surface area (Å²) >= 11 is 0. The molecular formula is C35H45N3O2. The predicted molar refractivity (Wildman–Crippen MR) is 165 cm³/mol. The summed E-state index contributed by atoms with van der Waals surface area (Å²) < 4.78 is 0. The van der Waals surface area contributed by atoms with Crippen LogP contribution in [0.3, 0.4) is 0 Å². The number of carbonyl (C=O) groups is 2. The number of benzene rings is 2. The lowest BCUT2D eigenvalue weighted by molar-refractivity contribution is -0.127. The third kappa shape index (κ3) is 7.74. The smallest absolute Gasteiger partial charge is 0.324 e. The number of rotatable bonds is 9. The zero-order valence-corrected chi connectivity index (χ0v) is 24.2. The number of likely N-dealkylation sites (tertiary alicyclic amines) is 1. The average molecular weight is 540 g/mol. The van der Waals surface area contributed by atoms with Gasteiger partial charge in [0.15, 0.2) is 0 Å². The van der Waals surface area contributed by atoms with Crippen molar-refractivity contribution in [3.8, 4) is 0 Å². The van der Waals surface area contributed by atoms with E-state index in [1.165, 1.54) is 12.0 Å². The monoisotopic (exact) mass is 539 g/mol. The molecule has 0 radical (unpaired) electrons. The fourth-order valence-electron chi connectivity index (χ4n) is 5.93. The van der Waals surface area contributed by atoms with Gasteiger partial charge in [0.25, 0.3) is 0 Å². The molecule has 1 aliphatic heterocycles. The van der Waals surface area contributed by atoms with Crippen molar-refractivity contribution in [2.24, 2.45) is 5.92 Å².